The first-order chi connectivity index (χ1) is 12.5. The molecule has 1 amide bonds. The van der Waals surface area contributed by atoms with Crippen LogP contribution < -0.4 is 4.80 Å². The Balaban J connectivity index is 2.03. The Morgan fingerprint density at radius 3 is 2.77 bits per heavy atom. The van der Waals surface area contributed by atoms with Crippen molar-refractivity contribution >= 4 is 45.0 Å². The van der Waals surface area contributed by atoms with Gasteiger partial charge in [-0.1, -0.05) is 41.1 Å². The van der Waals surface area contributed by atoms with E-state index in [1.807, 2.05) is 0 Å². The minimum Gasteiger partial charge on any atom is -0.468 e. The van der Waals surface area contributed by atoms with Crippen molar-refractivity contribution in [3.05, 3.63) is 63.7 Å². The Bertz CT molecular complexity index is 1060. The van der Waals surface area contributed by atoms with Crippen LogP contribution in [0.2, 0.25) is 5.02 Å². The lowest BCUT2D eigenvalue weighted by molar-refractivity contribution is -0.141. The van der Waals surface area contributed by atoms with Crippen LogP contribution in [-0.2, 0) is 27.3 Å². The Hall–Kier alpha value is -2.51. The Morgan fingerprint density at radius 1 is 1.27 bits per heavy atom. The van der Waals surface area contributed by atoms with Gasteiger partial charge in [-0.05, 0) is 29.8 Å². The zero-order chi connectivity index (χ0) is 18.7. The van der Waals surface area contributed by atoms with Gasteiger partial charge in [0, 0.05) is 5.02 Å². The normalized spacial score (nSPS) is 11.7. The minimum absolute atomic E-state index is 0.0283. The lowest BCUT2D eigenvalue weighted by Crippen LogP contribution is -2.22. The van der Waals surface area contributed by atoms with Gasteiger partial charge in [0.2, 0.25) is 0 Å². The number of amides is 1. The molecule has 0 aliphatic carbocycles. The molecule has 0 saturated heterocycles. The molecule has 5 nitrogen and oxygen atoms in total. The molecule has 0 spiro atoms. The molecule has 134 valence electrons. The third-order valence-electron chi connectivity index (χ3n) is 3.68. The van der Waals surface area contributed by atoms with Crippen molar-refractivity contribution in [2.45, 2.75) is 13.0 Å². The van der Waals surface area contributed by atoms with Crippen LogP contribution in [0.1, 0.15) is 5.56 Å². The predicted octanol–water partition coefficient (Wildman–Crippen LogP) is 3.34. The predicted molar refractivity (Wildman–Crippen MR) is 97.5 cm³/mol. The number of esters is 1. The largest absolute Gasteiger partial charge is 0.468 e. The van der Waals surface area contributed by atoms with Crippen molar-refractivity contribution in [1.82, 2.24) is 4.57 Å². The summed E-state index contributed by atoms with van der Waals surface area (Å²) in [6.07, 6.45) is 0.0283. The summed E-state index contributed by atoms with van der Waals surface area (Å²) in [6, 6.07) is 11.2. The van der Waals surface area contributed by atoms with Crippen molar-refractivity contribution in [3.63, 3.8) is 0 Å². The van der Waals surface area contributed by atoms with Crippen LogP contribution in [-0.4, -0.2) is 23.6 Å². The van der Waals surface area contributed by atoms with Crippen molar-refractivity contribution in [3.8, 4) is 0 Å². The number of hydrogen-bond donors (Lipinski definition) is 0. The van der Waals surface area contributed by atoms with Crippen LogP contribution in [0.25, 0.3) is 10.2 Å². The molecule has 26 heavy (non-hydrogen) atoms. The first-order valence-electron chi connectivity index (χ1n) is 7.64. The van der Waals surface area contributed by atoms with E-state index in [-0.39, 0.29) is 13.0 Å². The summed E-state index contributed by atoms with van der Waals surface area (Å²) < 4.78 is 20.3. The van der Waals surface area contributed by atoms with Gasteiger partial charge < -0.3 is 9.30 Å². The molecule has 8 heteroatoms. The zero-order valence-corrected chi connectivity index (χ0v) is 15.3. The van der Waals surface area contributed by atoms with E-state index in [1.54, 1.807) is 30.3 Å². The molecule has 1 heterocycles. The third-order valence-corrected chi connectivity index (χ3v) is 5.09. The first-order valence-corrected chi connectivity index (χ1v) is 8.84. The second kappa shape index (κ2) is 7.80. The summed E-state index contributed by atoms with van der Waals surface area (Å²) >= 11 is 7.20. The van der Waals surface area contributed by atoms with Gasteiger partial charge in [-0.3, -0.25) is 9.59 Å². The number of benzene rings is 2. The summed E-state index contributed by atoms with van der Waals surface area (Å²) in [4.78, 5) is 28.5. The molecule has 2 aromatic carbocycles. The number of carbonyl (C=O) groups is 2. The highest BCUT2D eigenvalue weighted by atomic mass is 35.5. The van der Waals surface area contributed by atoms with Crippen molar-refractivity contribution in [2.24, 2.45) is 4.99 Å². The van der Waals surface area contributed by atoms with Gasteiger partial charge in [0.05, 0.1) is 23.7 Å². The first kappa shape index (κ1) is 18.3. The summed E-state index contributed by atoms with van der Waals surface area (Å²) in [5.41, 5.74) is 1.26. The molecule has 0 radical (unpaired) electrons. The highest BCUT2D eigenvalue weighted by Gasteiger charge is 2.13. The summed E-state index contributed by atoms with van der Waals surface area (Å²) in [7, 11) is 1.27. The number of aromatic nitrogens is 1. The molecular formula is C18H14ClFN2O3S. The number of carbonyl (C=O) groups excluding carboxylic acids is 2. The van der Waals surface area contributed by atoms with Crippen LogP contribution >= 0.6 is 22.9 Å². The third kappa shape index (κ3) is 4.00. The van der Waals surface area contributed by atoms with E-state index < -0.39 is 17.7 Å². The standard InChI is InChI=1S/C18H14ClFN2O3S/c1-25-17(24)10-22-14-7-6-12(20)9-15(14)26-18(22)21-16(23)8-11-4-2-3-5-13(11)19/h2-7,9H,8,10H2,1H3. The molecule has 3 aromatic rings. The highest BCUT2D eigenvalue weighted by molar-refractivity contribution is 7.16. The van der Waals surface area contributed by atoms with Gasteiger partial charge in [0.1, 0.15) is 12.4 Å². The number of thiazole rings is 1. The van der Waals surface area contributed by atoms with Gasteiger partial charge in [0.15, 0.2) is 4.80 Å². The Labute approximate surface area is 157 Å². The second-order valence-electron chi connectivity index (χ2n) is 5.43. The quantitative estimate of drug-likeness (QED) is 0.640. The molecule has 0 aliphatic heterocycles. The van der Waals surface area contributed by atoms with Crippen LogP contribution in [0.4, 0.5) is 4.39 Å². The number of hydrogen-bond acceptors (Lipinski definition) is 4. The summed E-state index contributed by atoms with van der Waals surface area (Å²) in [5.74, 6) is -1.31. The van der Waals surface area contributed by atoms with Gasteiger partial charge in [-0.15, -0.1) is 0 Å². The van der Waals surface area contributed by atoms with Crippen molar-refractivity contribution in [1.29, 1.82) is 0 Å². The molecule has 0 atom stereocenters. The van der Waals surface area contributed by atoms with E-state index in [0.29, 0.717) is 25.6 Å². The maximum absolute atomic E-state index is 13.5. The molecule has 0 aliphatic rings. The molecule has 0 fully saturated rings. The van der Waals surface area contributed by atoms with Crippen LogP contribution in [0.3, 0.4) is 0 Å². The lowest BCUT2D eigenvalue weighted by Gasteiger charge is -2.04. The van der Waals surface area contributed by atoms with Crippen LogP contribution in [0, 0.1) is 5.82 Å². The maximum atomic E-state index is 13.5. The second-order valence-corrected chi connectivity index (χ2v) is 6.85. The monoisotopic (exact) mass is 392 g/mol. The van der Waals surface area contributed by atoms with Crippen LogP contribution in [0.15, 0.2) is 47.5 Å². The zero-order valence-electron chi connectivity index (χ0n) is 13.7. The minimum atomic E-state index is -0.492. The lowest BCUT2D eigenvalue weighted by atomic mass is 10.1. The summed E-state index contributed by atoms with van der Waals surface area (Å²) in [5, 5.41) is 0.483. The molecule has 0 saturated carbocycles. The molecule has 3 rings (SSSR count). The molecular weight excluding hydrogens is 379 g/mol. The van der Waals surface area contributed by atoms with E-state index in [9.17, 15) is 14.0 Å². The van der Waals surface area contributed by atoms with E-state index in [4.69, 9.17) is 16.3 Å². The summed E-state index contributed by atoms with van der Waals surface area (Å²) in [6.45, 7) is -0.125. The van der Waals surface area contributed by atoms with E-state index in [2.05, 4.69) is 4.99 Å². The average molecular weight is 393 g/mol. The number of nitrogens with zero attached hydrogens (tertiary/aromatic N) is 2. The van der Waals surface area contributed by atoms with Crippen molar-refractivity contribution < 1.29 is 18.7 Å². The Kier molecular flexibility index (Phi) is 5.49. The fourth-order valence-electron chi connectivity index (χ4n) is 2.43. The topological polar surface area (TPSA) is 60.7 Å². The molecule has 0 bridgehead atoms. The van der Waals surface area contributed by atoms with Gasteiger partial charge in [-0.2, -0.15) is 4.99 Å². The number of ether oxygens (including phenoxy) is 1. The smallest absolute Gasteiger partial charge is 0.325 e. The number of fused-ring (bicyclic) bond motifs is 1. The maximum Gasteiger partial charge on any atom is 0.325 e. The Morgan fingerprint density at radius 2 is 2.04 bits per heavy atom. The number of rotatable bonds is 4. The molecule has 0 unspecified atom stereocenters. The van der Waals surface area contributed by atoms with E-state index in [0.717, 1.165) is 11.3 Å². The van der Waals surface area contributed by atoms with Crippen LogP contribution in [0.5, 0.6) is 0 Å². The average Bonchev–Trinajstić information content (AvgIpc) is 2.93. The number of methoxy groups -OCH3 is 1. The number of halogens is 2. The fraction of sp³-hybridized carbons (Fsp3) is 0.167. The van der Waals surface area contributed by atoms with Gasteiger partial charge in [-0.25, -0.2) is 4.39 Å². The van der Waals surface area contributed by atoms with E-state index >= 15 is 0 Å². The van der Waals surface area contributed by atoms with Gasteiger partial charge in [0.25, 0.3) is 5.91 Å². The highest BCUT2D eigenvalue weighted by Crippen LogP contribution is 2.19. The molecule has 1 aromatic heterocycles. The molecule has 0 N–H and O–H groups in total. The van der Waals surface area contributed by atoms with E-state index in [1.165, 1.54) is 23.8 Å². The SMILES string of the molecule is COC(=O)Cn1c(=NC(=O)Cc2ccccc2Cl)sc2cc(F)ccc21. The fourth-order valence-corrected chi connectivity index (χ4v) is 3.70. The van der Waals surface area contributed by atoms with Gasteiger partial charge >= 0.3 is 5.97 Å². The van der Waals surface area contributed by atoms with Crippen molar-refractivity contribution in [2.75, 3.05) is 7.11 Å².